The topological polar surface area (TPSA) is 57.6 Å². The van der Waals surface area contributed by atoms with Gasteiger partial charge >= 0.3 is 0 Å². The van der Waals surface area contributed by atoms with Gasteiger partial charge in [0.1, 0.15) is 16.5 Å². The molecule has 2 fully saturated rings. The number of hydrogen-bond donors (Lipinski definition) is 1. The summed E-state index contributed by atoms with van der Waals surface area (Å²) in [5.41, 5.74) is -1.22. The average molecular weight is 379 g/mol. The maximum atomic E-state index is 14.2. The normalized spacial score (nSPS) is 29.0. The van der Waals surface area contributed by atoms with Crippen molar-refractivity contribution in [2.75, 3.05) is 0 Å². The SMILES string of the molecule is O=S(=O)(c1ccccc1F)N1[C@@H]2CC[C@H]1CC(O)(c1ccccc1F)C2. The zero-order valence-corrected chi connectivity index (χ0v) is 14.8. The van der Waals surface area contributed by atoms with E-state index in [-0.39, 0.29) is 23.3 Å². The fraction of sp³-hybridized carbons (Fsp3) is 0.368. The Balaban J connectivity index is 1.70. The number of sulfonamides is 1. The predicted molar refractivity (Wildman–Crippen MR) is 91.8 cm³/mol. The van der Waals surface area contributed by atoms with Crippen molar-refractivity contribution < 1.29 is 22.3 Å². The molecule has 2 aliphatic heterocycles. The van der Waals surface area contributed by atoms with E-state index in [0.717, 1.165) is 6.07 Å². The quantitative estimate of drug-likeness (QED) is 0.891. The lowest BCUT2D eigenvalue weighted by molar-refractivity contribution is -0.0365. The van der Waals surface area contributed by atoms with E-state index in [4.69, 9.17) is 0 Å². The van der Waals surface area contributed by atoms with Crippen molar-refractivity contribution in [3.63, 3.8) is 0 Å². The molecule has 2 saturated heterocycles. The van der Waals surface area contributed by atoms with Gasteiger partial charge in [0, 0.05) is 17.6 Å². The van der Waals surface area contributed by atoms with Crippen molar-refractivity contribution in [2.45, 2.75) is 48.3 Å². The first-order valence-electron chi connectivity index (χ1n) is 8.58. The van der Waals surface area contributed by atoms with Gasteiger partial charge in [0.15, 0.2) is 0 Å². The van der Waals surface area contributed by atoms with E-state index in [1.54, 1.807) is 12.1 Å². The minimum Gasteiger partial charge on any atom is -0.385 e. The van der Waals surface area contributed by atoms with Crippen molar-refractivity contribution in [2.24, 2.45) is 0 Å². The zero-order chi connectivity index (χ0) is 18.5. The Bertz CT molecular complexity index is 933. The molecule has 7 heteroatoms. The molecule has 1 N–H and O–H groups in total. The minimum atomic E-state index is -4.02. The average Bonchev–Trinajstić information content (AvgIpc) is 2.89. The fourth-order valence-corrected chi connectivity index (χ4v) is 6.34. The molecule has 0 saturated carbocycles. The first kappa shape index (κ1) is 17.6. The smallest absolute Gasteiger partial charge is 0.246 e. The monoisotopic (exact) mass is 379 g/mol. The Labute approximate surface area is 151 Å². The molecule has 26 heavy (non-hydrogen) atoms. The van der Waals surface area contributed by atoms with Crippen LogP contribution in [0.25, 0.3) is 0 Å². The molecule has 4 rings (SSSR count). The van der Waals surface area contributed by atoms with E-state index in [0.29, 0.717) is 12.8 Å². The first-order valence-corrected chi connectivity index (χ1v) is 10.0. The molecule has 2 aromatic carbocycles. The molecule has 2 bridgehead atoms. The highest BCUT2D eigenvalue weighted by molar-refractivity contribution is 7.89. The van der Waals surface area contributed by atoms with Crippen LogP contribution in [-0.4, -0.2) is 29.9 Å². The van der Waals surface area contributed by atoms with Gasteiger partial charge in [-0.1, -0.05) is 30.3 Å². The molecule has 2 heterocycles. The highest BCUT2D eigenvalue weighted by Crippen LogP contribution is 2.48. The van der Waals surface area contributed by atoms with Crippen molar-refractivity contribution in [1.82, 2.24) is 4.31 Å². The van der Waals surface area contributed by atoms with Crippen LogP contribution in [0, 0.1) is 11.6 Å². The standard InChI is InChI=1S/C19H19F2NO3S/c20-16-6-2-1-5-15(16)19(23)11-13-9-10-14(12-19)22(13)26(24,25)18-8-4-3-7-17(18)21/h1-8,13-14,23H,9-12H2/t13-,14+,19?. The number of hydrogen-bond acceptors (Lipinski definition) is 3. The molecule has 2 aromatic rings. The van der Waals surface area contributed by atoms with Crippen LogP contribution in [0.5, 0.6) is 0 Å². The Hall–Kier alpha value is -1.83. The highest BCUT2D eigenvalue weighted by atomic mass is 32.2. The number of halogens is 2. The lowest BCUT2D eigenvalue weighted by atomic mass is 9.81. The lowest BCUT2D eigenvalue weighted by Gasteiger charge is -2.43. The molecule has 4 nitrogen and oxygen atoms in total. The number of fused-ring (bicyclic) bond motifs is 2. The summed E-state index contributed by atoms with van der Waals surface area (Å²) in [6.07, 6.45) is 1.32. The fourth-order valence-electron chi connectivity index (χ4n) is 4.40. The van der Waals surface area contributed by atoms with Crippen molar-refractivity contribution >= 4 is 10.0 Å². The summed E-state index contributed by atoms with van der Waals surface area (Å²) in [4.78, 5) is -0.353. The van der Waals surface area contributed by atoms with E-state index in [2.05, 4.69) is 0 Å². The number of rotatable bonds is 3. The van der Waals surface area contributed by atoms with Crippen LogP contribution in [0.3, 0.4) is 0 Å². The van der Waals surface area contributed by atoms with Gasteiger partial charge in [-0.25, -0.2) is 17.2 Å². The van der Waals surface area contributed by atoms with Gasteiger partial charge in [-0.15, -0.1) is 0 Å². The maximum absolute atomic E-state index is 14.2. The molecule has 0 aliphatic carbocycles. The molecule has 0 spiro atoms. The second-order valence-electron chi connectivity index (χ2n) is 7.07. The van der Waals surface area contributed by atoms with Gasteiger partial charge in [0.05, 0.1) is 5.60 Å². The molecular formula is C19H19F2NO3S. The van der Waals surface area contributed by atoms with E-state index < -0.39 is 39.3 Å². The Morgan fingerprint density at radius 3 is 2.04 bits per heavy atom. The summed E-state index contributed by atoms with van der Waals surface area (Å²) in [5, 5.41) is 11.1. The Morgan fingerprint density at radius 2 is 1.46 bits per heavy atom. The third kappa shape index (κ3) is 2.66. The van der Waals surface area contributed by atoms with E-state index >= 15 is 0 Å². The van der Waals surface area contributed by atoms with Crippen LogP contribution < -0.4 is 0 Å². The van der Waals surface area contributed by atoms with Crippen molar-refractivity contribution in [3.8, 4) is 0 Å². The largest absolute Gasteiger partial charge is 0.385 e. The van der Waals surface area contributed by atoms with Gasteiger partial charge < -0.3 is 5.11 Å². The zero-order valence-electron chi connectivity index (χ0n) is 14.0. The Morgan fingerprint density at radius 1 is 0.923 bits per heavy atom. The molecule has 1 unspecified atom stereocenters. The summed E-state index contributed by atoms with van der Waals surface area (Å²) >= 11 is 0. The van der Waals surface area contributed by atoms with Crippen LogP contribution in [0.4, 0.5) is 8.78 Å². The summed E-state index contributed by atoms with van der Waals surface area (Å²) in [7, 11) is -4.02. The van der Waals surface area contributed by atoms with Crippen LogP contribution >= 0.6 is 0 Å². The van der Waals surface area contributed by atoms with E-state index in [1.165, 1.54) is 34.6 Å². The van der Waals surface area contributed by atoms with E-state index in [9.17, 15) is 22.3 Å². The van der Waals surface area contributed by atoms with Gasteiger partial charge in [-0.3, -0.25) is 0 Å². The summed E-state index contributed by atoms with van der Waals surface area (Å²) < 4.78 is 55.6. The van der Waals surface area contributed by atoms with Crippen molar-refractivity contribution in [3.05, 3.63) is 65.7 Å². The highest BCUT2D eigenvalue weighted by Gasteiger charge is 2.53. The number of piperidine rings is 1. The molecule has 138 valence electrons. The second-order valence-corrected chi connectivity index (χ2v) is 8.88. The van der Waals surface area contributed by atoms with Crippen LogP contribution in [0.2, 0.25) is 0 Å². The Kier molecular flexibility index (Phi) is 4.13. The summed E-state index contributed by atoms with van der Waals surface area (Å²) in [5.74, 6) is -1.29. The molecule has 0 aromatic heterocycles. The van der Waals surface area contributed by atoms with Crippen molar-refractivity contribution in [1.29, 1.82) is 0 Å². The van der Waals surface area contributed by atoms with E-state index in [1.807, 2.05) is 0 Å². The van der Waals surface area contributed by atoms with Gasteiger partial charge in [-0.2, -0.15) is 4.31 Å². The number of aliphatic hydroxyl groups is 1. The number of nitrogens with zero attached hydrogens (tertiary/aromatic N) is 1. The molecular weight excluding hydrogens is 360 g/mol. The maximum Gasteiger partial charge on any atom is 0.246 e. The van der Waals surface area contributed by atoms with Crippen LogP contribution in [-0.2, 0) is 15.6 Å². The van der Waals surface area contributed by atoms with Crippen LogP contribution in [0.15, 0.2) is 53.4 Å². The van der Waals surface area contributed by atoms with Crippen LogP contribution in [0.1, 0.15) is 31.2 Å². The molecule has 3 atom stereocenters. The molecule has 2 aliphatic rings. The lowest BCUT2D eigenvalue weighted by Crippen LogP contribution is -2.52. The molecule has 0 radical (unpaired) electrons. The minimum absolute atomic E-state index is 0.0954. The van der Waals surface area contributed by atoms with Gasteiger partial charge in [0.2, 0.25) is 10.0 Å². The summed E-state index contributed by atoms with van der Waals surface area (Å²) in [6.45, 7) is 0. The third-order valence-corrected chi connectivity index (χ3v) is 7.51. The second kappa shape index (κ2) is 6.11. The predicted octanol–water partition coefficient (Wildman–Crippen LogP) is 3.17. The third-order valence-electron chi connectivity index (χ3n) is 5.47. The van der Waals surface area contributed by atoms with Gasteiger partial charge in [-0.05, 0) is 43.9 Å². The molecule has 0 amide bonds. The first-order chi connectivity index (χ1) is 12.3. The number of benzene rings is 2. The summed E-state index contributed by atoms with van der Waals surface area (Å²) in [6, 6.07) is 10.4. The van der Waals surface area contributed by atoms with Gasteiger partial charge in [0.25, 0.3) is 0 Å².